The van der Waals surface area contributed by atoms with Gasteiger partial charge in [0.05, 0.1) is 0 Å². The fourth-order valence-electron chi connectivity index (χ4n) is 1.65. The van der Waals surface area contributed by atoms with Gasteiger partial charge in [-0.2, -0.15) is 5.26 Å². The standard InChI is InChI=1S/C12H9ClN6OS/c13-7-1-3-8(4-2-7)20-6-10-16-17-12-19(10)18-11(15)9(5-14)21-12/h1-4,18H,6,15H2. The van der Waals surface area contributed by atoms with Crippen LogP contribution in [0.25, 0.3) is 0 Å². The van der Waals surface area contributed by atoms with Crippen LogP contribution in [0, 0.1) is 11.3 Å². The number of allylic oxidation sites excluding steroid dienone is 1. The number of nitriles is 1. The lowest BCUT2D eigenvalue weighted by molar-refractivity contribution is 0.291. The van der Waals surface area contributed by atoms with Gasteiger partial charge in [-0.3, -0.25) is 5.43 Å². The Labute approximate surface area is 129 Å². The molecular weight excluding hydrogens is 312 g/mol. The van der Waals surface area contributed by atoms with E-state index in [1.807, 2.05) is 6.07 Å². The van der Waals surface area contributed by atoms with Gasteiger partial charge in [-0.15, -0.1) is 10.2 Å². The van der Waals surface area contributed by atoms with Crippen LogP contribution in [-0.2, 0) is 6.61 Å². The molecule has 3 N–H and O–H groups in total. The predicted octanol–water partition coefficient (Wildman–Crippen LogP) is 1.81. The fraction of sp³-hybridized carbons (Fsp3) is 0.0833. The van der Waals surface area contributed by atoms with E-state index in [9.17, 15) is 0 Å². The van der Waals surface area contributed by atoms with Gasteiger partial charge in [-0.05, 0) is 36.0 Å². The number of thioether (sulfide) groups is 1. The normalized spacial score (nSPS) is 13.3. The van der Waals surface area contributed by atoms with Crippen LogP contribution in [0.2, 0.25) is 5.02 Å². The molecule has 0 unspecified atom stereocenters. The van der Waals surface area contributed by atoms with Gasteiger partial charge in [-0.1, -0.05) is 11.6 Å². The minimum atomic E-state index is 0.206. The molecule has 0 atom stereocenters. The van der Waals surface area contributed by atoms with E-state index in [-0.39, 0.29) is 12.4 Å². The van der Waals surface area contributed by atoms with Crippen LogP contribution in [-0.4, -0.2) is 14.9 Å². The van der Waals surface area contributed by atoms with Crippen LogP contribution < -0.4 is 15.9 Å². The lowest BCUT2D eigenvalue weighted by Crippen LogP contribution is -2.27. The van der Waals surface area contributed by atoms with Crippen molar-refractivity contribution in [2.75, 3.05) is 5.43 Å². The van der Waals surface area contributed by atoms with Crippen LogP contribution in [0.3, 0.4) is 0 Å². The number of nitrogens with two attached hydrogens (primary N) is 1. The van der Waals surface area contributed by atoms with Crippen molar-refractivity contribution in [3.8, 4) is 11.8 Å². The van der Waals surface area contributed by atoms with E-state index < -0.39 is 0 Å². The number of aromatic nitrogens is 3. The van der Waals surface area contributed by atoms with Crippen molar-refractivity contribution in [3.63, 3.8) is 0 Å². The molecular formula is C12H9ClN6OS. The zero-order valence-electron chi connectivity index (χ0n) is 10.6. The molecule has 0 aliphatic carbocycles. The van der Waals surface area contributed by atoms with Crippen molar-refractivity contribution in [1.82, 2.24) is 14.9 Å². The number of benzene rings is 1. The Bertz CT molecular complexity index is 748. The topological polar surface area (TPSA) is 102 Å². The van der Waals surface area contributed by atoms with E-state index in [4.69, 9.17) is 27.3 Å². The molecule has 1 aliphatic rings. The molecule has 0 fully saturated rings. The van der Waals surface area contributed by atoms with Gasteiger partial charge in [0.25, 0.3) is 0 Å². The Hall–Kier alpha value is -2.37. The van der Waals surface area contributed by atoms with E-state index in [0.29, 0.717) is 26.7 Å². The number of nitrogens with zero attached hydrogens (tertiary/aromatic N) is 4. The van der Waals surface area contributed by atoms with Gasteiger partial charge in [0, 0.05) is 5.02 Å². The summed E-state index contributed by atoms with van der Waals surface area (Å²) in [6.07, 6.45) is 0. The molecule has 1 aromatic carbocycles. The summed E-state index contributed by atoms with van der Waals surface area (Å²) in [6.45, 7) is 0.206. The van der Waals surface area contributed by atoms with Crippen LogP contribution >= 0.6 is 23.4 Å². The minimum Gasteiger partial charge on any atom is -0.486 e. The summed E-state index contributed by atoms with van der Waals surface area (Å²) in [6, 6.07) is 9.01. The van der Waals surface area contributed by atoms with E-state index in [1.54, 1.807) is 28.9 Å². The van der Waals surface area contributed by atoms with Crippen LogP contribution in [0.15, 0.2) is 40.1 Å². The van der Waals surface area contributed by atoms with Crippen molar-refractivity contribution in [2.24, 2.45) is 5.73 Å². The van der Waals surface area contributed by atoms with E-state index >= 15 is 0 Å². The molecule has 21 heavy (non-hydrogen) atoms. The Morgan fingerprint density at radius 1 is 1.38 bits per heavy atom. The third-order valence-electron chi connectivity index (χ3n) is 2.65. The maximum Gasteiger partial charge on any atom is 0.216 e. The number of halogens is 1. The minimum absolute atomic E-state index is 0.206. The first-order valence-corrected chi connectivity index (χ1v) is 7.04. The highest BCUT2D eigenvalue weighted by Crippen LogP contribution is 2.29. The quantitative estimate of drug-likeness (QED) is 0.889. The van der Waals surface area contributed by atoms with E-state index in [0.717, 1.165) is 11.8 Å². The maximum absolute atomic E-state index is 8.93. The molecule has 0 radical (unpaired) electrons. The highest BCUT2D eigenvalue weighted by Gasteiger charge is 2.22. The molecule has 7 nitrogen and oxygen atoms in total. The van der Waals surface area contributed by atoms with E-state index in [2.05, 4.69) is 15.6 Å². The highest BCUT2D eigenvalue weighted by molar-refractivity contribution is 8.03. The third kappa shape index (κ3) is 2.74. The molecule has 0 amide bonds. The van der Waals surface area contributed by atoms with Gasteiger partial charge in [0.15, 0.2) is 5.82 Å². The van der Waals surface area contributed by atoms with Crippen molar-refractivity contribution in [3.05, 3.63) is 45.8 Å². The first kappa shape index (κ1) is 13.6. The Kier molecular flexibility index (Phi) is 3.60. The Morgan fingerprint density at radius 3 is 2.86 bits per heavy atom. The third-order valence-corrected chi connectivity index (χ3v) is 3.87. The molecule has 3 rings (SSSR count). The zero-order chi connectivity index (χ0) is 14.8. The van der Waals surface area contributed by atoms with Crippen molar-refractivity contribution >= 4 is 23.4 Å². The average molecular weight is 321 g/mol. The second kappa shape index (κ2) is 5.55. The summed E-state index contributed by atoms with van der Waals surface area (Å²) in [4.78, 5) is 0.361. The lowest BCUT2D eigenvalue weighted by atomic mass is 10.3. The van der Waals surface area contributed by atoms with E-state index in [1.165, 1.54) is 0 Å². The SMILES string of the molecule is N#CC1=C(N)Nn2c(COc3ccc(Cl)cc3)nnc2S1. The molecule has 0 saturated carbocycles. The monoisotopic (exact) mass is 320 g/mol. The van der Waals surface area contributed by atoms with Crippen molar-refractivity contribution < 1.29 is 4.74 Å². The summed E-state index contributed by atoms with van der Waals surface area (Å²) < 4.78 is 7.20. The average Bonchev–Trinajstić information content (AvgIpc) is 2.88. The zero-order valence-corrected chi connectivity index (χ0v) is 12.1. The first-order valence-electron chi connectivity index (χ1n) is 5.85. The summed E-state index contributed by atoms with van der Waals surface area (Å²) >= 11 is 6.97. The number of hydrogen-bond donors (Lipinski definition) is 2. The summed E-state index contributed by atoms with van der Waals surface area (Å²) in [5.41, 5.74) is 8.61. The summed E-state index contributed by atoms with van der Waals surface area (Å²) in [5.74, 6) is 1.48. The van der Waals surface area contributed by atoms with Gasteiger partial charge in [-0.25, -0.2) is 4.68 Å². The molecule has 2 aromatic rings. The van der Waals surface area contributed by atoms with Gasteiger partial charge in [0.1, 0.15) is 29.2 Å². The molecule has 0 bridgehead atoms. The Balaban J connectivity index is 1.74. The van der Waals surface area contributed by atoms with Crippen LogP contribution in [0.5, 0.6) is 5.75 Å². The number of rotatable bonds is 3. The lowest BCUT2D eigenvalue weighted by Gasteiger charge is -2.17. The number of ether oxygens (including phenoxy) is 1. The van der Waals surface area contributed by atoms with Crippen LogP contribution in [0.4, 0.5) is 0 Å². The number of fused-ring (bicyclic) bond motifs is 1. The summed E-state index contributed by atoms with van der Waals surface area (Å²) in [5, 5.41) is 18.1. The second-order valence-corrected chi connectivity index (χ2v) is 5.46. The molecule has 2 heterocycles. The fourth-order valence-corrected chi connectivity index (χ4v) is 2.49. The second-order valence-electron chi connectivity index (χ2n) is 4.05. The number of nitrogens with one attached hydrogen (secondary N) is 1. The van der Waals surface area contributed by atoms with Crippen molar-refractivity contribution in [2.45, 2.75) is 11.8 Å². The maximum atomic E-state index is 8.93. The molecule has 106 valence electrons. The van der Waals surface area contributed by atoms with Gasteiger partial charge in [0.2, 0.25) is 5.16 Å². The smallest absolute Gasteiger partial charge is 0.216 e. The number of hydrogen-bond acceptors (Lipinski definition) is 7. The molecule has 9 heteroatoms. The molecule has 1 aliphatic heterocycles. The summed E-state index contributed by atoms with van der Waals surface area (Å²) in [7, 11) is 0. The molecule has 0 saturated heterocycles. The Morgan fingerprint density at radius 2 is 2.14 bits per heavy atom. The largest absolute Gasteiger partial charge is 0.486 e. The molecule has 1 aromatic heterocycles. The molecule has 0 spiro atoms. The first-order chi connectivity index (χ1) is 10.2. The van der Waals surface area contributed by atoms with Gasteiger partial charge < -0.3 is 10.5 Å². The van der Waals surface area contributed by atoms with Crippen LogP contribution in [0.1, 0.15) is 5.82 Å². The highest BCUT2D eigenvalue weighted by atomic mass is 35.5. The van der Waals surface area contributed by atoms with Crippen molar-refractivity contribution in [1.29, 1.82) is 5.26 Å². The predicted molar refractivity (Wildman–Crippen MR) is 77.9 cm³/mol. The van der Waals surface area contributed by atoms with Gasteiger partial charge >= 0.3 is 0 Å².